The predicted molar refractivity (Wildman–Crippen MR) is 82.5 cm³/mol. The number of hydrogen-bond acceptors (Lipinski definition) is 3. The van der Waals surface area contributed by atoms with Crippen LogP contribution in [-0.2, 0) is 11.8 Å². The molecule has 0 radical (unpaired) electrons. The lowest BCUT2D eigenvalue weighted by Crippen LogP contribution is -2.60. The minimum atomic E-state index is -0.430. The van der Waals surface area contributed by atoms with Gasteiger partial charge in [-0.05, 0) is 18.8 Å². The van der Waals surface area contributed by atoms with Crippen molar-refractivity contribution in [3.8, 4) is 0 Å². The SMILES string of the molecule is CC(C)C1C(=O)NCCN1C(=O)Nc1cc(C2CC2)n(C)n1. The van der Waals surface area contributed by atoms with E-state index in [1.165, 1.54) is 12.8 Å². The van der Waals surface area contributed by atoms with Gasteiger partial charge in [-0.25, -0.2) is 4.79 Å². The Morgan fingerprint density at radius 3 is 2.82 bits per heavy atom. The van der Waals surface area contributed by atoms with Crippen molar-refractivity contribution >= 4 is 17.8 Å². The molecule has 120 valence electrons. The summed E-state index contributed by atoms with van der Waals surface area (Å²) in [6.07, 6.45) is 2.38. The number of carbonyl (C=O) groups excluding carboxylic acids is 2. The maximum atomic E-state index is 12.5. The van der Waals surface area contributed by atoms with Gasteiger partial charge in [0.1, 0.15) is 6.04 Å². The number of piperazine rings is 1. The van der Waals surface area contributed by atoms with Gasteiger partial charge in [0, 0.05) is 37.8 Å². The molecule has 2 fully saturated rings. The van der Waals surface area contributed by atoms with Crippen LogP contribution in [0.4, 0.5) is 10.6 Å². The second-order valence-electron chi connectivity index (χ2n) is 6.46. The largest absolute Gasteiger partial charge is 0.353 e. The molecule has 1 saturated heterocycles. The zero-order chi connectivity index (χ0) is 15.9. The van der Waals surface area contributed by atoms with Crippen molar-refractivity contribution in [3.05, 3.63) is 11.8 Å². The highest BCUT2D eigenvalue weighted by Gasteiger charge is 2.35. The number of urea groups is 1. The monoisotopic (exact) mass is 305 g/mol. The molecule has 3 rings (SSSR count). The molecule has 22 heavy (non-hydrogen) atoms. The van der Waals surface area contributed by atoms with Gasteiger partial charge >= 0.3 is 6.03 Å². The van der Waals surface area contributed by atoms with Gasteiger partial charge in [-0.3, -0.25) is 14.8 Å². The van der Waals surface area contributed by atoms with Crippen molar-refractivity contribution < 1.29 is 9.59 Å². The minimum absolute atomic E-state index is 0.0665. The van der Waals surface area contributed by atoms with E-state index in [9.17, 15) is 9.59 Å². The van der Waals surface area contributed by atoms with Gasteiger partial charge < -0.3 is 10.2 Å². The average molecular weight is 305 g/mol. The highest BCUT2D eigenvalue weighted by molar-refractivity contribution is 5.94. The fraction of sp³-hybridized carbons (Fsp3) is 0.667. The van der Waals surface area contributed by atoms with Crippen LogP contribution in [0.2, 0.25) is 0 Å². The van der Waals surface area contributed by atoms with E-state index in [-0.39, 0.29) is 17.9 Å². The summed E-state index contributed by atoms with van der Waals surface area (Å²) in [6, 6.07) is 1.25. The standard InChI is InChI=1S/C15H23N5O2/c1-9(2)13-14(21)16-6-7-20(13)15(22)17-12-8-11(10-4-5-10)19(3)18-12/h8-10,13H,4-7H2,1-3H3,(H,16,21)(H,17,18,22). The van der Waals surface area contributed by atoms with Crippen LogP contribution in [0.1, 0.15) is 38.3 Å². The summed E-state index contributed by atoms with van der Waals surface area (Å²) >= 11 is 0. The van der Waals surface area contributed by atoms with Crippen molar-refractivity contribution in [2.24, 2.45) is 13.0 Å². The van der Waals surface area contributed by atoms with Gasteiger partial charge in [-0.1, -0.05) is 13.8 Å². The Morgan fingerprint density at radius 1 is 1.45 bits per heavy atom. The Balaban J connectivity index is 1.72. The molecule has 1 aromatic heterocycles. The van der Waals surface area contributed by atoms with Crippen molar-refractivity contribution in [1.29, 1.82) is 0 Å². The summed E-state index contributed by atoms with van der Waals surface area (Å²) in [4.78, 5) is 26.1. The van der Waals surface area contributed by atoms with Crippen LogP contribution in [0, 0.1) is 5.92 Å². The van der Waals surface area contributed by atoms with Crippen molar-refractivity contribution in [1.82, 2.24) is 20.0 Å². The highest BCUT2D eigenvalue weighted by Crippen LogP contribution is 2.40. The first-order chi connectivity index (χ1) is 10.5. The maximum Gasteiger partial charge on any atom is 0.323 e. The second kappa shape index (κ2) is 5.62. The molecule has 1 aromatic rings. The van der Waals surface area contributed by atoms with E-state index in [0.29, 0.717) is 24.8 Å². The van der Waals surface area contributed by atoms with Crippen LogP contribution in [0.15, 0.2) is 6.07 Å². The summed E-state index contributed by atoms with van der Waals surface area (Å²) in [7, 11) is 1.90. The van der Waals surface area contributed by atoms with Crippen LogP contribution in [0.25, 0.3) is 0 Å². The molecule has 7 heteroatoms. The fourth-order valence-electron chi connectivity index (χ4n) is 3.06. The third-order valence-corrected chi connectivity index (χ3v) is 4.30. The van der Waals surface area contributed by atoms with Crippen LogP contribution in [-0.4, -0.2) is 45.8 Å². The molecule has 2 aliphatic rings. The van der Waals surface area contributed by atoms with E-state index in [2.05, 4.69) is 15.7 Å². The highest BCUT2D eigenvalue weighted by atomic mass is 16.2. The Kier molecular flexibility index (Phi) is 3.80. The third kappa shape index (κ3) is 2.80. The number of carbonyl (C=O) groups is 2. The van der Waals surface area contributed by atoms with Crippen LogP contribution >= 0.6 is 0 Å². The number of nitrogens with zero attached hydrogens (tertiary/aromatic N) is 3. The first-order valence-electron chi connectivity index (χ1n) is 7.86. The molecule has 0 bridgehead atoms. The normalized spacial score (nSPS) is 21.9. The Labute approximate surface area is 130 Å². The number of rotatable bonds is 3. The van der Waals surface area contributed by atoms with E-state index in [0.717, 1.165) is 5.69 Å². The molecule has 0 aromatic carbocycles. The molecule has 1 aliphatic heterocycles. The van der Waals surface area contributed by atoms with Gasteiger partial charge in [-0.15, -0.1) is 0 Å². The minimum Gasteiger partial charge on any atom is -0.353 e. The van der Waals surface area contributed by atoms with Crippen molar-refractivity contribution in [2.75, 3.05) is 18.4 Å². The van der Waals surface area contributed by atoms with E-state index >= 15 is 0 Å². The molecule has 1 unspecified atom stereocenters. The van der Waals surface area contributed by atoms with Gasteiger partial charge in [-0.2, -0.15) is 5.10 Å². The topological polar surface area (TPSA) is 79.3 Å². The van der Waals surface area contributed by atoms with Crippen LogP contribution in [0.3, 0.4) is 0 Å². The molecule has 3 amide bonds. The Hall–Kier alpha value is -2.05. The number of hydrogen-bond donors (Lipinski definition) is 2. The number of aromatic nitrogens is 2. The number of aryl methyl sites for hydroxylation is 1. The Bertz CT molecular complexity index is 591. The van der Waals surface area contributed by atoms with E-state index < -0.39 is 6.04 Å². The second-order valence-corrected chi connectivity index (χ2v) is 6.46. The summed E-state index contributed by atoms with van der Waals surface area (Å²) in [5.74, 6) is 1.11. The molecular formula is C15H23N5O2. The fourth-order valence-corrected chi connectivity index (χ4v) is 3.06. The maximum absolute atomic E-state index is 12.5. The zero-order valence-electron chi connectivity index (χ0n) is 13.3. The lowest BCUT2D eigenvalue weighted by molar-refractivity contribution is -0.129. The molecule has 1 saturated carbocycles. The first-order valence-corrected chi connectivity index (χ1v) is 7.86. The van der Waals surface area contributed by atoms with Gasteiger partial charge in [0.15, 0.2) is 5.82 Å². The summed E-state index contributed by atoms with van der Waals surface area (Å²) < 4.78 is 1.83. The number of anilines is 1. The van der Waals surface area contributed by atoms with Gasteiger partial charge in [0.2, 0.25) is 5.91 Å². The number of amides is 3. The average Bonchev–Trinajstić information content (AvgIpc) is 3.22. The lowest BCUT2D eigenvalue weighted by atomic mass is 10.00. The molecule has 7 nitrogen and oxygen atoms in total. The summed E-state index contributed by atoms with van der Waals surface area (Å²) in [5, 5.41) is 10.0. The van der Waals surface area contributed by atoms with Crippen LogP contribution in [0.5, 0.6) is 0 Å². The quantitative estimate of drug-likeness (QED) is 0.883. The van der Waals surface area contributed by atoms with Crippen molar-refractivity contribution in [3.63, 3.8) is 0 Å². The molecular weight excluding hydrogens is 282 g/mol. The number of nitrogens with one attached hydrogen (secondary N) is 2. The molecule has 2 N–H and O–H groups in total. The predicted octanol–water partition coefficient (Wildman–Crippen LogP) is 1.29. The molecule has 0 spiro atoms. The first kappa shape index (κ1) is 14.9. The van der Waals surface area contributed by atoms with Gasteiger partial charge in [0.05, 0.1) is 0 Å². The lowest BCUT2D eigenvalue weighted by Gasteiger charge is -2.36. The zero-order valence-corrected chi connectivity index (χ0v) is 13.3. The van der Waals surface area contributed by atoms with Crippen molar-refractivity contribution in [2.45, 2.75) is 38.6 Å². The molecule has 1 aliphatic carbocycles. The smallest absolute Gasteiger partial charge is 0.323 e. The van der Waals surface area contributed by atoms with E-state index in [4.69, 9.17) is 0 Å². The molecule has 1 atom stereocenters. The summed E-state index contributed by atoms with van der Waals surface area (Å²) in [5.41, 5.74) is 1.16. The van der Waals surface area contributed by atoms with E-state index in [1.54, 1.807) is 4.90 Å². The Morgan fingerprint density at radius 2 is 2.18 bits per heavy atom. The van der Waals surface area contributed by atoms with Crippen LogP contribution < -0.4 is 10.6 Å². The summed E-state index contributed by atoms with van der Waals surface area (Å²) in [6.45, 7) is 4.90. The third-order valence-electron chi connectivity index (χ3n) is 4.30. The van der Waals surface area contributed by atoms with Gasteiger partial charge in [0.25, 0.3) is 0 Å². The molecule has 2 heterocycles. The van der Waals surface area contributed by atoms with E-state index in [1.807, 2.05) is 31.6 Å².